The molecule has 0 aliphatic heterocycles. The zero-order valence-corrected chi connectivity index (χ0v) is 13.7. The molecule has 0 fully saturated rings. The first-order valence-corrected chi connectivity index (χ1v) is 8.15. The molecule has 2 aromatic carbocycles. The van der Waals surface area contributed by atoms with E-state index in [4.69, 9.17) is 11.6 Å². The van der Waals surface area contributed by atoms with E-state index in [0.717, 1.165) is 22.0 Å². The van der Waals surface area contributed by atoms with Crippen LogP contribution in [0.4, 0.5) is 0 Å². The third-order valence-electron chi connectivity index (χ3n) is 4.10. The van der Waals surface area contributed by atoms with Crippen LogP contribution in [0.2, 0.25) is 5.02 Å². The molecule has 2 N–H and O–H groups in total. The van der Waals surface area contributed by atoms with Crippen molar-refractivity contribution in [2.45, 2.75) is 19.3 Å². The highest BCUT2D eigenvalue weighted by Crippen LogP contribution is 2.33. The van der Waals surface area contributed by atoms with Gasteiger partial charge < -0.3 is 10.3 Å². The molecule has 0 saturated carbocycles. The van der Waals surface area contributed by atoms with Gasteiger partial charge in [0.1, 0.15) is 0 Å². The van der Waals surface area contributed by atoms with Gasteiger partial charge in [-0.1, -0.05) is 54.9 Å². The summed E-state index contributed by atoms with van der Waals surface area (Å²) in [5.41, 5.74) is 3.25. The van der Waals surface area contributed by atoms with Crippen molar-refractivity contribution in [2.24, 2.45) is 0 Å². The zero-order valence-electron chi connectivity index (χ0n) is 13.0. The number of aromatic amines is 1. The maximum absolute atomic E-state index is 11.7. The number of rotatable bonds is 5. The Morgan fingerprint density at radius 1 is 1.13 bits per heavy atom. The van der Waals surface area contributed by atoms with Crippen molar-refractivity contribution in [1.82, 2.24) is 10.3 Å². The molecule has 1 heterocycles. The Bertz CT molecular complexity index is 825. The second-order valence-corrected chi connectivity index (χ2v) is 5.93. The molecule has 3 aromatic rings. The van der Waals surface area contributed by atoms with Crippen molar-refractivity contribution < 1.29 is 4.79 Å². The standard InChI is InChI=1S/C19H19ClN2O/c1-2-19(23)22-12-15(13-7-3-5-9-17(13)20)16-11-21-18-10-6-4-8-14(16)18/h3-11,15,21H,2,12H2,1H3,(H,22,23)/t15-/m0/s1. The molecule has 0 radical (unpaired) electrons. The average molecular weight is 327 g/mol. The van der Waals surface area contributed by atoms with Crippen LogP contribution in [0, 0.1) is 0 Å². The number of hydrogen-bond acceptors (Lipinski definition) is 1. The lowest BCUT2D eigenvalue weighted by atomic mass is 9.90. The summed E-state index contributed by atoms with van der Waals surface area (Å²) in [6.45, 7) is 2.38. The molecule has 1 aromatic heterocycles. The number of H-pyrrole nitrogens is 1. The smallest absolute Gasteiger partial charge is 0.219 e. The monoisotopic (exact) mass is 326 g/mol. The van der Waals surface area contributed by atoms with Crippen LogP contribution in [0.15, 0.2) is 54.7 Å². The van der Waals surface area contributed by atoms with Gasteiger partial charge in [-0.05, 0) is 23.3 Å². The number of aromatic nitrogens is 1. The molecular weight excluding hydrogens is 308 g/mol. The minimum absolute atomic E-state index is 0.00958. The minimum Gasteiger partial charge on any atom is -0.361 e. The Morgan fingerprint density at radius 2 is 1.87 bits per heavy atom. The summed E-state index contributed by atoms with van der Waals surface area (Å²) in [5.74, 6) is 0.0530. The van der Waals surface area contributed by atoms with Gasteiger partial charge in [0, 0.05) is 41.0 Å². The maximum atomic E-state index is 11.7. The summed E-state index contributed by atoms with van der Waals surface area (Å²) < 4.78 is 0. The van der Waals surface area contributed by atoms with E-state index >= 15 is 0 Å². The second-order valence-electron chi connectivity index (χ2n) is 5.52. The summed E-state index contributed by atoms with van der Waals surface area (Å²) in [4.78, 5) is 15.0. The van der Waals surface area contributed by atoms with Gasteiger partial charge in [-0.3, -0.25) is 4.79 Å². The number of carbonyl (C=O) groups is 1. The Hall–Kier alpha value is -2.26. The largest absolute Gasteiger partial charge is 0.361 e. The first-order valence-electron chi connectivity index (χ1n) is 7.77. The molecule has 118 valence electrons. The lowest BCUT2D eigenvalue weighted by molar-refractivity contribution is -0.120. The Labute approximate surface area is 140 Å². The van der Waals surface area contributed by atoms with Crippen LogP contribution < -0.4 is 5.32 Å². The lowest BCUT2D eigenvalue weighted by Gasteiger charge is -2.19. The second kappa shape index (κ2) is 6.88. The maximum Gasteiger partial charge on any atom is 0.219 e. The van der Waals surface area contributed by atoms with E-state index in [1.165, 1.54) is 0 Å². The summed E-state index contributed by atoms with van der Waals surface area (Å²) in [6.07, 6.45) is 2.49. The highest BCUT2D eigenvalue weighted by Gasteiger charge is 2.20. The number of fused-ring (bicyclic) bond motifs is 1. The highest BCUT2D eigenvalue weighted by atomic mass is 35.5. The van der Waals surface area contributed by atoms with Gasteiger partial charge in [0.05, 0.1) is 0 Å². The summed E-state index contributed by atoms with van der Waals surface area (Å²) in [7, 11) is 0. The zero-order chi connectivity index (χ0) is 16.2. The summed E-state index contributed by atoms with van der Waals surface area (Å²) in [5, 5.41) is 4.87. The molecule has 3 nitrogen and oxygen atoms in total. The van der Waals surface area contributed by atoms with Gasteiger partial charge in [-0.15, -0.1) is 0 Å². The fourth-order valence-electron chi connectivity index (χ4n) is 2.87. The van der Waals surface area contributed by atoms with Crippen molar-refractivity contribution in [2.75, 3.05) is 6.54 Å². The third kappa shape index (κ3) is 3.25. The van der Waals surface area contributed by atoms with Gasteiger partial charge in [-0.2, -0.15) is 0 Å². The van der Waals surface area contributed by atoms with E-state index < -0.39 is 0 Å². The van der Waals surface area contributed by atoms with E-state index in [0.29, 0.717) is 18.0 Å². The van der Waals surface area contributed by atoms with E-state index in [1.54, 1.807) is 0 Å². The average Bonchev–Trinajstić information content (AvgIpc) is 3.00. The normalized spacial score (nSPS) is 12.3. The van der Waals surface area contributed by atoms with Crippen LogP contribution in [0.3, 0.4) is 0 Å². The van der Waals surface area contributed by atoms with Crippen LogP contribution in [0.5, 0.6) is 0 Å². The third-order valence-corrected chi connectivity index (χ3v) is 4.45. The Balaban J connectivity index is 2.04. The number of nitrogens with one attached hydrogen (secondary N) is 2. The van der Waals surface area contributed by atoms with Gasteiger partial charge in [0.15, 0.2) is 0 Å². The van der Waals surface area contributed by atoms with Crippen molar-refractivity contribution >= 4 is 28.4 Å². The molecule has 1 amide bonds. The molecule has 4 heteroatoms. The van der Waals surface area contributed by atoms with Crippen molar-refractivity contribution in [3.05, 3.63) is 70.9 Å². The minimum atomic E-state index is 0.00958. The highest BCUT2D eigenvalue weighted by molar-refractivity contribution is 6.31. The summed E-state index contributed by atoms with van der Waals surface area (Å²) >= 11 is 6.41. The molecule has 0 spiro atoms. The fourth-order valence-corrected chi connectivity index (χ4v) is 3.14. The fraction of sp³-hybridized carbons (Fsp3) is 0.211. The van der Waals surface area contributed by atoms with Crippen LogP contribution >= 0.6 is 11.6 Å². The lowest BCUT2D eigenvalue weighted by Crippen LogP contribution is -2.28. The molecule has 0 saturated heterocycles. The van der Waals surface area contributed by atoms with E-state index in [9.17, 15) is 4.79 Å². The van der Waals surface area contributed by atoms with Crippen molar-refractivity contribution in [1.29, 1.82) is 0 Å². The number of benzene rings is 2. The van der Waals surface area contributed by atoms with E-state index in [-0.39, 0.29) is 11.8 Å². The van der Waals surface area contributed by atoms with Gasteiger partial charge in [0.25, 0.3) is 0 Å². The molecule has 0 unspecified atom stereocenters. The molecule has 0 bridgehead atoms. The number of halogens is 1. The number of amides is 1. The first kappa shape index (κ1) is 15.6. The molecule has 23 heavy (non-hydrogen) atoms. The van der Waals surface area contributed by atoms with Crippen LogP contribution in [-0.2, 0) is 4.79 Å². The topological polar surface area (TPSA) is 44.9 Å². The molecule has 3 rings (SSSR count). The van der Waals surface area contributed by atoms with Gasteiger partial charge in [0.2, 0.25) is 5.91 Å². The molecule has 1 atom stereocenters. The quantitative estimate of drug-likeness (QED) is 0.713. The van der Waals surface area contributed by atoms with Gasteiger partial charge in [-0.25, -0.2) is 0 Å². The predicted octanol–water partition coefficient (Wildman–Crippen LogP) is 4.48. The first-order chi connectivity index (χ1) is 11.2. The Kier molecular flexibility index (Phi) is 4.68. The molecule has 0 aliphatic carbocycles. The molecular formula is C19H19ClN2O. The van der Waals surface area contributed by atoms with Crippen LogP contribution in [-0.4, -0.2) is 17.4 Å². The van der Waals surface area contributed by atoms with E-state index in [2.05, 4.69) is 16.4 Å². The molecule has 0 aliphatic rings. The van der Waals surface area contributed by atoms with Crippen LogP contribution in [0.25, 0.3) is 10.9 Å². The van der Waals surface area contributed by atoms with Gasteiger partial charge >= 0.3 is 0 Å². The Morgan fingerprint density at radius 3 is 2.65 bits per heavy atom. The number of para-hydroxylation sites is 1. The number of carbonyl (C=O) groups excluding carboxylic acids is 1. The summed E-state index contributed by atoms with van der Waals surface area (Å²) in [6, 6.07) is 16.0. The van der Waals surface area contributed by atoms with E-state index in [1.807, 2.05) is 55.6 Å². The number of hydrogen-bond donors (Lipinski definition) is 2. The SMILES string of the molecule is CCC(=O)NC[C@@H](c1ccccc1Cl)c1c[nH]c2ccccc12. The van der Waals surface area contributed by atoms with Crippen molar-refractivity contribution in [3.63, 3.8) is 0 Å². The predicted molar refractivity (Wildman–Crippen MR) is 94.9 cm³/mol. The van der Waals surface area contributed by atoms with Crippen LogP contribution in [0.1, 0.15) is 30.4 Å². The van der Waals surface area contributed by atoms with Crippen molar-refractivity contribution in [3.8, 4) is 0 Å².